The first-order valence-electron chi connectivity index (χ1n) is 6.90. The fourth-order valence-corrected chi connectivity index (χ4v) is 1.76. The molecule has 6 heteroatoms. The van der Waals surface area contributed by atoms with Gasteiger partial charge in [-0.25, -0.2) is 15.0 Å². The molecular formula is C15H20N4O2. The Kier molecular flexibility index (Phi) is 4.35. The van der Waals surface area contributed by atoms with Gasteiger partial charge in [0.2, 0.25) is 11.9 Å². The van der Waals surface area contributed by atoms with Gasteiger partial charge in [0.05, 0.1) is 5.69 Å². The van der Waals surface area contributed by atoms with Gasteiger partial charge in [-0.2, -0.15) is 0 Å². The van der Waals surface area contributed by atoms with Crippen molar-refractivity contribution in [3.63, 3.8) is 0 Å². The Bertz CT molecular complexity index is 614. The molecule has 21 heavy (non-hydrogen) atoms. The van der Waals surface area contributed by atoms with Crippen LogP contribution >= 0.6 is 0 Å². The molecule has 2 heterocycles. The summed E-state index contributed by atoms with van der Waals surface area (Å²) in [5.74, 6) is 1.62. The van der Waals surface area contributed by atoms with E-state index in [-0.39, 0.29) is 11.3 Å². The van der Waals surface area contributed by atoms with Crippen molar-refractivity contribution in [3.05, 3.63) is 35.8 Å². The van der Waals surface area contributed by atoms with Gasteiger partial charge < -0.3 is 4.42 Å². The van der Waals surface area contributed by atoms with E-state index < -0.39 is 0 Å². The third-order valence-corrected chi connectivity index (χ3v) is 2.93. The van der Waals surface area contributed by atoms with Gasteiger partial charge in [-0.3, -0.25) is 10.1 Å². The summed E-state index contributed by atoms with van der Waals surface area (Å²) in [5, 5.41) is 2.65. The summed E-state index contributed by atoms with van der Waals surface area (Å²) in [6.45, 7) is 8.02. The minimum Gasteiger partial charge on any atom is -0.445 e. The van der Waals surface area contributed by atoms with Gasteiger partial charge in [0.1, 0.15) is 5.76 Å². The van der Waals surface area contributed by atoms with Gasteiger partial charge in [-0.15, -0.1) is 0 Å². The van der Waals surface area contributed by atoms with Crippen LogP contribution in [0.3, 0.4) is 0 Å². The molecule has 0 spiro atoms. The predicted octanol–water partition coefficient (Wildman–Crippen LogP) is 2.64. The minimum absolute atomic E-state index is 0.136. The summed E-state index contributed by atoms with van der Waals surface area (Å²) in [7, 11) is 0. The van der Waals surface area contributed by atoms with Crippen LogP contribution in [0.15, 0.2) is 22.9 Å². The molecule has 2 aromatic heterocycles. The highest BCUT2D eigenvalue weighted by atomic mass is 16.4. The molecule has 112 valence electrons. The first-order valence-corrected chi connectivity index (χ1v) is 6.90. The smallest absolute Gasteiger partial charge is 0.229 e. The Morgan fingerprint density at radius 2 is 1.95 bits per heavy atom. The van der Waals surface area contributed by atoms with Gasteiger partial charge in [0.15, 0.2) is 5.89 Å². The van der Waals surface area contributed by atoms with Gasteiger partial charge >= 0.3 is 0 Å². The maximum atomic E-state index is 11.8. The molecule has 6 nitrogen and oxygen atoms in total. The number of nitrogens with zero attached hydrogens (tertiary/aromatic N) is 3. The highest BCUT2D eigenvalue weighted by Crippen LogP contribution is 2.24. The fourth-order valence-electron chi connectivity index (χ4n) is 1.76. The standard InChI is InChI=1S/C15H20N4O2/c1-10-11(21-13(18-10)15(2,3)4)6-7-12(20)19-14-16-8-5-9-17-14/h5,8-9H,6-7H2,1-4H3,(H,16,17,19,20). The highest BCUT2D eigenvalue weighted by Gasteiger charge is 2.22. The second-order valence-corrected chi connectivity index (χ2v) is 5.90. The van der Waals surface area contributed by atoms with Crippen molar-refractivity contribution >= 4 is 11.9 Å². The average Bonchev–Trinajstić information content (AvgIpc) is 2.79. The summed E-state index contributed by atoms with van der Waals surface area (Å²) < 4.78 is 5.76. The maximum Gasteiger partial charge on any atom is 0.229 e. The zero-order valence-corrected chi connectivity index (χ0v) is 12.8. The molecule has 0 aromatic carbocycles. The van der Waals surface area contributed by atoms with Crippen molar-refractivity contribution in [2.24, 2.45) is 0 Å². The molecule has 0 aliphatic heterocycles. The Labute approximate surface area is 124 Å². The number of aromatic nitrogens is 3. The van der Waals surface area contributed by atoms with E-state index in [1.165, 1.54) is 0 Å². The molecule has 1 amide bonds. The lowest BCUT2D eigenvalue weighted by Crippen LogP contribution is -2.14. The lowest BCUT2D eigenvalue weighted by Gasteiger charge is -2.12. The molecule has 0 aliphatic rings. The van der Waals surface area contributed by atoms with E-state index in [4.69, 9.17) is 4.42 Å². The number of hydrogen-bond donors (Lipinski definition) is 1. The summed E-state index contributed by atoms with van der Waals surface area (Å²) in [6.07, 6.45) is 3.98. The number of anilines is 1. The molecule has 0 atom stereocenters. The third-order valence-electron chi connectivity index (χ3n) is 2.93. The van der Waals surface area contributed by atoms with Crippen molar-refractivity contribution in [1.29, 1.82) is 0 Å². The lowest BCUT2D eigenvalue weighted by atomic mass is 9.97. The van der Waals surface area contributed by atoms with Gasteiger partial charge in [0, 0.05) is 30.7 Å². The molecule has 0 aliphatic carbocycles. The highest BCUT2D eigenvalue weighted by molar-refractivity contribution is 5.88. The number of amides is 1. The largest absolute Gasteiger partial charge is 0.445 e. The van der Waals surface area contributed by atoms with E-state index in [0.717, 1.165) is 11.5 Å². The van der Waals surface area contributed by atoms with Crippen LogP contribution in [0.1, 0.15) is 44.5 Å². The number of carbonyl (C=O) groups is 1. The second-order valence-electron chi connectivity index (χ2n) is 5.90. The Morgan fingerprint density at radius 1 is 1.29 bits per heavy atom. The fraction of sp³-hybridized carbons (Fsp3) is 0.467. The SMILES string of the molecule is Cc1nc(C(C)(C)C)oc1CCC(=O)Nc1ncccn1. The molecule has 0 radical (unpaired) electrons. The molecule has 0 saturated carbocycles. The first kappa shape index (κ1) is 15.2. The summed E-state index contributed by atoms with van der Waals surface area (Å²) in [4.78, 5) is 24.2. The molecule has 2 rings (SSSR count). The topological polar surface area (TPSA) is 80.9 Å². The first-order chi connectivity index (χ1) is 9.86. The van der Waals surface area contributed by atoms with E-state index in [1.54, 1.807) is 18.5 Å². The van der Waals surface area contributed by atoms with Crippen LogP contribution in [0.2, 0.25) is 0 Å². The molecule has 0 saturated heterocycles. The van der Waals surface area contributed by atoms with E-state index in [2.05, 4.69) is 20.3 Å². The molecule has 0 bridgehead atoms. The summed E-state index contributed by atoms with van der Waals surface area (Å²) >= 11 is 0. The number of carbonyl (C=O) groups excluding carboxylic acids is 1. The van der Waals surface area contributed by atoms with Crippen LogP contribution in [-0.4, -0.2) is 20.9 Å². The van der Waals surface area contributed by atoms with Crippen LogP contribution in [-0.2, 0) is 16.6 Å². The second kappa shape index (κ2) is 6.03. The lowest BCUT2D eigenvalue weighted by molar-refractivity contribution is -0.116. The van der Waals surface area contributed by atoms with E-state index in [9.17, 15) is 4.79 Å². The van der Waals surface area contributed by atoms with E-state index in [1.807, 2.05) is 27.7 Å². The van der Waals surface area contributed by atoms with E-state index in [0.29, 0.717) is 24.7 Å². The van der Waals surface area contributed by atoms with E-state index >= 15 is 0 Å². The Hall–Kier alpha value is -2.24. The van der Waals surface area contributed by atoms with Crippen molar-refractivity contribution in [1.82, 2.24) is 15.0 Å². The zero-order valence-electron chi connectivity index (χ0n) is 12.8. The number of aryl methyl sites for hydroxylation is 2. The van der Waals surface area contributed by atoms with Crippen molar-refractivity contribution in [3.8, 4) is 0 Å². The summed E-state index contributed by atoms with van der Waals surface area (Å²) in [6, 6.07) is 1.70. The summed E-state index contributed by atoms with van der Waals surface area (Å²) in [5.41, 5.74) is 0.701. The number of oxazole rings is 1. The van der Waals surface area contributed by atoms with Crippen LogP contribution < -0.4 is 5.32 Å². The van der Waals surface area contributed by atoms with Crippen molar-refractivity contribution < 1.29 is 9.21 Å². The number of nitrogens with one attached hydrogen (secondary N) is 1. The van der Waals surface area contributed by atoms with Crippen LogP contribution in [0, 0.1) is 6.92 Å². The number of rotatable bonds is 4. The predicted molar refractivity (Wildman–Crippen MR) is 78.9 cm³/mol. The molecular weight excluding hydrogens is 268 g/mol. The monoisotopic (exact) mass is 288 g/mol. The Morgan fingerprint density at radius 3 is 2.52 bits per heavy atom. The van der Waals surface area contributed by atoms with Gasteiger partial charge in [0.25, 0.3) is 0 Å². The molecule has 0 unspecified atom stereocenters. The van der Waals surface area contributed by atoms with Gasteiger partial charge in [-0.1, -0.05) is 20.8 Å². The molecule has 2 aromatic rings. The molecule has 0 fully saturated rings. The number of hydrogen-bond acceptors (Lipinski definition) is 5. The Balaban J connectivity index is 1.94. The quantitative estimate of drug-likeness (QED) is 0.935. The van der Waals surface area contributed by atoms with Crippen molar-refractivity contribution in [2.45, 2.75) is 46.0 Å². The average molecular weight is 288 g/mol. The van der Waals surface area contributed by atoms with Gasteiger partial charge in [-0.05, 0) is 13.0 Å². The maximum absolute atomic E-state index is 11.8. The van der Waals surface area contributed by atoms with Crippen LogP contribution in [0.5, 0.6) is 0 Å². The van der Waals surface area contributed by atoms with Crippen molar-refractivity contribution in [2.75, 3.05) is 5.32 Å². The third kappa shape index (κ3) is 4.11. The minimum atomic E-state index is -0.144. The normalized spacial score (nSPS) is 11.4. The molecule has 1 N–H and O–H groups in total. The van der Waals surface area contributed by atoms with Crippen LogP contribution in [0.25, 0.3) is 0 Å². The zero-order chi connectivity index (χ0) is 15.5. The van der Waals surface area contributed by atoms with Crippen LogP contribution in [0.4, 0.5) is 5.95 Å².